The van der Waals surface area contributed by atoms with Crippen LogP contribution in [-0.2, 0) is 10.0 Å². The highest BCUT2D eigenvalue weighted by molar-refractivity contribution is 7.89. The van der Waals surface area contributed by atoms with Crippen LogP contribution in [0.3, 0.4) is 0 Å². The molecule has 1 aromatic carbocycles. The first kappa shape index (κ1) is 12.3. The Morgan fingerprint density at radius 3 is 2.41 bits per heavy atom. The van der Waals surface area contributed by atoms with E-state index in [9.17, 15) is 12.8 Å². The van der Waals surface area contributed by atoms with Crippen molar-refractivity contribution in [3.05, 3.63) is 23.5 Å². The molecule has 0 saturated carbocycles. The van der Waals surface area contributed by atoms with Gasteiger partial charge in [0, 0.05) is 13.1 Å². The Hall–Kier alpha value is -1.14. The maximum Gasteiger partial charge on any atom is 0.243 e. The van der Waals surface area contributed by atoms with Crippen molar-refractivity contribution in [2.75, 3.05) is 18.8 Å². The van der Waals surface area contributed by atoms with Gasteiger partial charge in [0.15, 0.2) is 0 Å². The van der Waals surface area contributed by atoms with Crippen LogP contribution in [0.2, 0.25) is 0 Å². The summed E-state index contributed by atoms with van der Waals surface area (Å²) >= 11 is 0. The molecule has 0 spiro atoms. The van der Waals surface area contributed by atoms with E-state index in [0.29, 0.717) is 13.1 Å². The minimum atomic E-state index is -3.51. The molecule has 1 aliphatic heterocycles. The minimum absolute atomic E-state index is 0.0794. The molecule has 94 valence electrons. The molecular weight excluding hydrogens is 243 g/mol. The molecule has 0 bridgehead atoms. The third-order valence-electron chi connectivity index (χ3n) is 2.96. The summed E-state index contributed by atoms with van der Waals surface area (Å²) in [6.07, 6.45) is 1.74. The molecule has 0 aliphatic carbocycles. The third-order valence-corrected chi connectivity index (χ3v) is 4.84. The van der Waals surface area contributed by atoms with E-state index in [1.807, 2.05) is 0 Å². The maximum absolute atomic E-state index is 13.3. The zero-order valence-corrected chi connectivity index (χ0v) is 10.4. The number of hydrogen-bond acceptors (Lipinski definition) is 3. The lowest BCUT2D eigenvalue weighted by molar-refractivity contribution is 0.477. The summed E-state index contributed by atoms with van der Waals surface area (Å²) in [6.45, 7) is 2.56. The van der Waals surface area contributed by atoms with Crippen LogP contribution < -0.4 is 5.73 Å². The number of rotatable bonds is 2. The number of aryl methyl sites for hydroxylation is 1. The van der Waals surface area contributed by atoms with E-state index in [2.05, 4.69) is 0 Å². The van der Waals surface area contributed by atoms with Crippen molar-refractivity contribution < 1.29 is 12.8 Å². The fourth-order valence-corrected chi connectivity index (χ4v) is 3.63. The van der Waals surface area contributed by atoms with E-state index in [1.54, 1.807) is 0 Å². The van der Waals surface area contributed by atoms with E-state index in [-0.39, 0.29) is 16.1 Å². The lowest BCUT2D eigenvalue weighted by Crippen LogP contribution is -2.28. The molecule has 1 heterocycles. The molecule has 0 amide bonds. The van der Waals surface area contributed by atoms with Gasteiger partial charge < -0.3 is 5.73 Å². The van der Waals surface area contributed by atoms with Crippen molar-refractivity contribution in [1.82, 2.24) is 4.31 Å². The molecule has 1 fully saturated rings. The van der Waals surface area contributed by atoms with E-state index in [4.69, 9.17) is 5.73 Å². The van der Waals surface area contributed by atoms with Gasteiger partial charge in [0.05, 0.1) is 10.6 Å². The van der Waals surface area contributed by atoms with E-state index in [1.165, 1.54) is 23.4 Å². The molecule has 1 saturated heterocycles. The van der Waals surface area contributed by atoms with E-state index < -0.39 is 15.8 Å². The number of hydrogen-bond donors (Lipinski definition) is 1. The molecule has 0 unspecified atom stereocenters. The van der Waals surface area contributed by atoms with Gasteiger partial charge in [-0.3, -0.25) is 0 Å². The molecule has 6 heteroatoms. The molecule has 4 nitrogen and oxygen atoms in total. The second-order valence-corrected chi connectivity index (χ2v) is 6.19. The van der Waals surface area contributed by atoms with Gasteiger partial charge in [-0.2, -0.15) is 4.31 Å². The fourth-order valence-electron chi connectivity index (χ4n) is 1.99. The van der Waals surface area contributed by atoms with Crippen molar-refractivity contribution in [3.63, 3.8) is 0 Å². The number of nitrogens with two attached hydrogens (primary N) is 1. The van der Waals surface area contributed by atoms with Crippen molar-refractivity contribution in [1.29, 1.82) is 0 Å². The van der Waals surface area contributed by atoms with Crippen LogP contribution in [-0.4, -0.2) is 25.8 Å². The Morgan fingerprint density at radius 2 is 1.88 bits per heavy atom. The Balaban J connectivity index is 2.46. The highest BCUT2D eigenvalue weighted by atomic mass is 32.2. The monoisotopic (exact) mass is 258 g/mol. The standard InChI is InChI=1S/C11H15FN2O2S/c1-8-6-9(7-10(13)11(8)12)17(15,16)14-4-2-3-5-14/h6-7H,2-5,13H2,1H3. The fraction of sp³-hybridized carbons (Fsp3) is 0.455. The van der Waals surface area contributed by atoms with Gasteiger partial charge in [0.25, 0.3) is 0 Å². The SMILES string of the molecule is Cc1cc(S(=O)(=O)N2CCCC2)cc(N)c1F. The first-order chi connectivity index (χ1) is 7.93. The first-order valence-electron chi connectivity index (χ1n) is 5.48. The molecule has 2 rings (SSSR count). The number of anilines is 1. The second-order valence-electron chi connectivity index (χ2n) is 4.25. The van der Waals surface area contributed by atoms with Crippen molar-refractivity contribution in [3.8, 4) is 0 Å². The molecule has 1 aromatic rings. The predicted molar refractivity (Wildman–Crippen MR) is 63.5 cm³/mol. The summed E-state index contributed by atoms with van der Waals surface area (Å²) in [5.74, 6) is -0.551. The van der Waals surface area contributed by atoms with Gasteiger partial charge in [-0.15, -0.1) is 0 Å². The molecule has 2 N–H and O–H groups in total. The normalized spacial score (nSPS) is 17.5. The van der Waals surface area contributed by atoms with E-state index in [0.717, 1.165) is 12.8 Å². The topological polar surface area (TPSA) is 63.4 Å². The number of nitrogens with zero attached hydrogens (tertiary/aromatic N) is 1. The van der Waals surface area contributed by atoms with Crippen molar-refractivity contribution >= 4 is 15.7 Å². The average Bonchev–Trinajstić information content (AvgIpc) is 2.79. The lowest BCUT2D eigenvalue weighted by atomic mass is 10.2. The zero-order chi connectivity index (χ0) is 12.6. The van der Waals surface area contributed by atoms with Gasteiger partial charge in [0.1, 0.15) is 5.82 Å². The molecule has 0 atom stereocenters. The number of nitrogen functional groups attached to an aromatic ring is 1. The van der Waals surface area contributed by atoms with Crippen LogP contribution in [0, 0.1) is 12.7 Å². The van der Waals surface area contributed by atoms with Crippen molar-refractivity contribution in [2.24, 2.45) is 0 Å². The van der Waals surface area contributed by atoms with Crippen LogP contribution in [0.15, 0.2) is 17.0 Å². The Bertz CT molecular complexity index is 513. The summed E-state index contributed by atoms with van der Waals surface area (Å²) in [6, 6.07) is 2.52. The van der Waals surface area contributed by atoms with Gasteiger partial charge in [-0.05, 0) is 37.5 Å². The predicted octanol–water partition coefficient (Wildman–Crippen LogP) is 1.50. The molecule has 17 heavy (non-hydrogen) atoms. The largest absolute Gasteiger partial charge is 0.396 e. The Kier molecular flexibility index (Phi) is 3.09. The highest BCUT2D eigenvalue weighted by Gasteiger charge is 2.28. The zero-order valence-electron chi connectivity index (χ0n) is 9.61. The van der Waals surface area contributed by atoms with E-state index >= 15 is 0 Å². The third kappa shape index (κ3) is 2.14. The second kappa shape index (κ2) is 4.27. The molecule has 0 aromatic heterocycles. The maximum atomic E-state index is 13.3. The highest BCUT2D eigenvalue weighted by Crippen LogP contribution is 2.25. The van der Waals surface area contributed by atoms with Crippen LogP contribution in [0.25, 0.3) is 0 Å². The van der Waals surface area contributed by atoms with Gasteiger partial charge >= 0.3 is 0 Å². The summed E-state index contributed by atoms with van der Waals surface area (Å²) in [5.41, 5.74) is 5.59. The number of halogens is 1. The summed E-state index contributed by atoms with van der Waals surface area (Å²) in [5, 5.41) is 0. The van der Waals surface area contributed by atoms with Gasteiger partial charge in [-0.25, -0.2) is 12.8 Å². The van der Waals surface area contributed by atoms with Crippen LogP contribution >= 0.6 is 0 Å². The van der Waals surface area contributed by atoms with Crippen LogP contribution in [0.1, 0.15) is 18.4 Å². The molecule has 1 aliphatic rings. The average molecular weight is 258 g/mol. The Morgan fingerprint density at radius 1 is 1.29 bits per heavy atom. The summed E-state index contributed by atoms with van der Waals surface area (Å²) in [7, 11) is -3.51. The summed E-state index contributed by atoms with van der Waals surface area (Å²) < 4.78 is 39.2. The van der Waals surface area contributed by atoms with Crippen molar-refractivity contribution in [2.45, 2.75) is 24.7 Å². The minimum Gasteiger partial charge on any atom is -0.396 e. The summed E-state index contributed by atoms with van der Waals surface area (Å²) in [4.78, 5) is 0.0794. The molecule has 0 radical (unpaired) electrons. The lowest BCUT2D eigenvalue weighted by Gasteiger charge is -2.16. The quantitative estimate of drug-likeness (QED) is 0.818. The van der Waals surface area contributed by atoms with Gasteiger partial charge in [0.2, 0.25) is 10.0 Å². The molecular formula is C11H15FN2O2S. The first-order valence-corrected chi connectivity index (χ1v) is 6.92. The van der Waals surface area contributed by atoms with Crippen LogP contribution in [0.4, 0.5) is 10.1 Å². The van der Waals surface area contributed by atoms with Gasteiger partial charge in [-0.1, -0.05) is 0 Å². The Labute approximate surface area is 100 Å². The van der Waals surface area contributed by atoms with Crippen LogP contribution in [0.5, 0.6) is 0 Å². The smallest absolute Gasteiger partial charge is 0.243 e. The number of benzene rings is 1. The number of sulfonamides is 1.